The van der Waals surface area contributed by atoms with Crippen LogP contribution in [0.2, 0.25) is 0 Å². The number of hydrogen-bond acceptors (Lipinski definition) is 6. The SMILES string of the molecule is CCCCCCCC(CCCCCC)COC(=O)CCCC[CH-]CN(CCCCCO)CCCCCCC(=O)OCC(CCCCCC)CCCCCCC.[Os+]. The van der Waals surface area contributed by atoms with Crippen LogP contribution in [0.25, 0.3) is 0 Å². The average Bonchev–Trinajstić information content (AvgIpc) is 3.19. The molecule has 0 aromatic carbocycles. The topological polar surface area (TPSA) is 76.1 Å². The van der Waals surface area contributed by atoms with Crippen LogP contribution in [0.5, 0.6) is 0 Å². The molecule has 0 aromatic heterocycles. The van der Waals surface area contributed by atoms with Crippen LogP contribution < -0.4 is 0 Å². The molecule has 0 aliphatic carbocycles. The molecule has 2 unspecified atom stereocenters. The number of rotatable bonds is 45. The van der Waals surface area contributed by atoms with Crippen molar-refractivity contribution in [1.82, 2.24) is 4.90 Å². The van der Waals surface area contributed by atoms with Crippen molar-refractivity contribution in [2.45, 2.75) is 246 Å². The van der Waals surface area contributed by atoms with Crippen LogP contribution in [0, 0.1) is 18.3 Å². The summed E-state index contributed by atoms with van der Waals surface area (Å²) in [6.45, 7) is 13.7. The molecule has 0 heterocycles. The van der Waals surface area contributed by atoms with Crippen molar-refractivity contribution >= 4 is 11.9 Å². The molecule has 0 aliphatic heterocycles. The fraction of sp³-hybridized carbons (Fsp3) is 0.939. The van der Waals surface area contributed by atoms with Gasteiger partial charge in [-0.15, -0.1) is 6.54 Å². The fourth-order valence-corrected chi connectivity index (χ4v) is 7.69. The van der Waals surface area contributed by atoms with Crippen molar-refractivity contribution < 1.29 is 44.0 Å². The molecule has 0 rings (SSSR count). The Bertz CT molecular complexity index is 740. The van der Waals surface area contributed by atoms with Crippen LogP contribution >= 0.6 is 0 Å². The molecule has 0 aliphatic rings. The second kappa shape index (κ2) is 47.2. The standard InChI is InChI=1S/C49H96NO5.Os/c1-5-9-13-17-26-36-46(34-24-15-11-7-3)44-54-48(52)38-28-19-21-30-40-50(42-32-23-33-43-51)41-31-22-20-29-39-49(53)55-45-47(35-25-16-12-8-4)37-27-18-14-10-6-2;/h30,46-47,51H,5-29,31-45H2,1-4H3;/q-1;+1. The van der Waals surface area contributed by atoms with E-state index in [9.17, 15) is 14.7 Å². The summed E-state index contributed by atoms with van der Waals surface area (Å²) in [6, 6.07) is 0. The van der Waals surface area contributed by atoms with Gasteiger partial charge in [0, 0.05) is 19.4 Å². The van der Waals surface area contributed by atoms with Crippen LogP contribution in [0.4, 0.5) is 0 Å². The number of carbonyl (C=O) groups is 2. The number of unbranched alkanes of at least 4 members (excludes halogenated alkanes) is 22. The minimum Gasteiger partial charge on any atom is -0.465 e. The molecule has 0 aromatic rings. The molecule has 1 radical (unpaired) electrons. The Morgan fingerprint density at radius 3 is 1.27 bits per heavy atom. The summed E-state index contributed by atoms with van der Waals surface area (Å²) in [4.78, 5) is 27.7. The van der Waals surface area contributed by atoms with Gasteiger partial charge in [0.1, 0.15) is 0 Å². The molecule has 335 valence electrons. The first-order valence-electron chi connectivity index (χ1n) is 24.5. The van der Waals surface area contributed by atoms with Crippen molar-refractivity contribution in [1.29, 1.82) is 0 Å². The molecule has 0 fully saturated rings. The summed E-state index contributed by atoms with van der Waals surface area (Å²) in [6.07, 6.45) is 41.8. The first kappa shape index (κ1) is 57.6. The average molecular weight is 970 g/mol. The zero-order chi connectivity index (χ0) is 40.3. The van der Waals surface area contributed by atoms with E-state index < -0.39 is 0 Å². The molecule has 56 heavy (non-hydrogen) atoms. The zero-order valence-electron chi connectivity index (χ0n) is 37.9. The van der Waals surface area contributed by atoms with Gasteiger partial charge < -0.3 is 25.9 Å². The van der Waals surface area contributed by atoms with Crippen LogP contribution in [0.3, 0.4) is 0 Å². The smallest absolute Gasteiger partial charge is 0.465 e. The van der Waals surface area contributed by atoms with Crippen molar-refractivity contribution in [2.75, 3.05) is 39.5 Å². The third-order valence-electron chi connectivity index (χ3n) is 11.5. The van der Waals surface area contributed by atoms with Crippen molar-refractivity contribution in [2.24, 2.45) is 11.8 Å². The Kier molecular flexibility index (Phi) is 48.5. The van der Waals surface area contributed by atoms with Crippen LogP contribution in [-0.2, 0) is 38.9 Å². The minimum absolute atomic E-state index is 0. The quantitative estimate of drug-likeness (QED) is 0.0372. The van der Waals surface area contributed by atoms with Gasteiger partial charge in [0.05, 0.1) is 13.2 Å². The third kappa shape index (κ3) is 41.6. The summed E-state index contributed by atoms with van der Waals surface area (Å²) in [5.41, 5.74) is 0. The van der Waals surface area contributed by atoms with Crippen LogP contribution in [0.15, 0.2) is 0 Å². The normalized spacial score (nSPS) is 12.5. The minimum atomic E-state index is -0.0153. The number of carbonyl (C=O) groups excluding carboxylic acids is 2. The van der Waals surface area contributed by atoms with Gasteiger partial charge in [-0.3, -0.25) is 9.59 Å². The van der Waals surface area contributed by atoms with E-state index in [0.29, 0.717) is 37.9 Å². The van der Waals surface area contributed by atoms with Crippen LogP contribution in [-0.4, -0.2) is 61.4 Å². The first-order valence-corrected chi connectivity index (χ1v) is 24.5. The van der Waals surface area contributed by atoms with Gasteiger partial charge in [-0.2, -0.15) is 6.42 Å². The summed E-state index contributed by atoms with van der Waals surface area (Å²) >= 11 is 0. The molecular weight excluding hydrogens is 873 g/mol. The predicted molar refractivity (Wildman–Crippen MR) is 236 cm³/mol. The van der Waals surface area contributed by atoms with E-state index in [1.54, 1.807) is 0 Å². The largest absolute Gasteiger partial charge is 1.00 e. The Morgan fingerprint density at radius 2 is 0.839 bits per heavy atom. The molecule has 0 saturated carbocycles. The van der Waals surface area contributed by atoms with Gasteiger partial charge in [-0.05, 0) is 89.1 Å². The maximum Gasteiger partial charge on any atom is 1.00 e. The van der Waals surface area contributed by atoms with Crippen molar-refractivity contribution in [3.63, 3.8) is 0 Å². The van der Waals surface area contributed by atoms with Crippen molar-refractivity contribution in [3.05, 3.63) is 6.42 Å². The molecule has 0 saturated heterocycles. The summed E-state index contributed by atoms with van der Waals surface area (Å²) < 4.78 is 11.6. The Balaban J connectivity index is 0. The van der Waals surface area contributed by atoms with E-state index in [2.05, 4.69) is 39.0 Å². The molecular formula is C49H96NO5Os. The van der Waals surface area contributed by atoms with E-state index in [1.165, 1.54) is 141 Å². The van der Waals surface area contributed by atoms with Crippen LogP contribution in [0.1, 0.15) is 246 Å². The molecule has 0 amide bonds. The molecule has 1 N–H and O–H groups in total. The van der Waals surface area contributed by atoms with E-state index in [0.717, 1.165) is 83.8 Å². The van der Waals surface area contributed by atoms with Gasteiger partial charge in [-0.25, -0.2) is 0 Å². The first-order chi connectivity index (χ1) is 27.0. The van der Waals surface area contributed by atoms with Gasteiger partial charge in [0.15, 0.2) is 0 Å². The number of esters is 2. The fourth-order valence-electron chi connectivity index (χ4n) is 7.69. The molecule has 0 bridgehead atoms. The van der Waals surface area contributed by atoms with E-state index in [-0.39, 0.29) is 38.3 Å². The Labute approximate surface area is 363 Å². The van der Waals surface area contributed by atoms with Gasteiger partial charge >= 0.3 is 31.7 Å². The summed E-state index contributed by atoms with van der Waals surface area (Å²) in [7, 11) is 0. The number of ether oxygens (including phenoxy) is 2. The van der Waals surface area contributed by atoms with Gasteiger partial charge in [0.25, 0.3) is 0 Å². The summed E-state index contributed by atoms with van der Waals surface area (Å²) in [5.74, 6) is 1.03. The molecule has 0 spiro atoms. The third-order valence-corrected chi connectivity index (χ3v) is 11.5. The van der Waals surface area contributed by atoms with E-state index in [4.69, 9.17) is 9.47 Å². The predicted octanol–water partition coefficient (Wildman–Crippen LogP) is 14.1. The zero-order valence-corrected chi connectivity index (χ0v) is 40.4. The molecule has 2 atom stereocenters. The maximum atomic E-state index is 12.6. The number of nitrogens with zero attached hydrogens (tertiary/aromatic N) is 1. The van der Waals surface area contributed by atoms with Gasteiger partial charge in [-0.1, -0.05) is 163 Å². The maximum absolute atomic E-state index is 12.6. The molecule has 7 heteroatoms. The van der Waals surface area contributed by atoms with Gasteiger partial charge in [0.2, 0.25) is 0 Å². The monoisotopic (exact) mass is 971 g/mol. The Morgan fingerprint density at radius 1 is 0.482 bits per heavy atom. The second-order valence-electron chi connectivity index (χ2n) is 17.0. The van der Waals surface area contributed by atoms with E-state index >= 15 is 0 Å². The number of hydrogen-bond donors (Lipinski definition) is 1. The second-order valence-corrected chi connectivity index (χ2v) is 17.0. The number of aliphatic hydroxyl groups is 1. The summed E-state index contributed by atoms with van der Waals surface area (Å²) in [5, 5.41) is 9.22. The Hall–Kier alpha value is -0.504. The van der Waals surface area contributed by atoms with Crippen molar-refractivity contribution in [3.8, 4) is 0 Å². The van der Waals surface area contributed by atoms with E-state index in [1.807, 2.05) is 0 Å². The number of aliphatic hydroxyl groups excluding tert-OH is 1. The molecule has 6 nitrogen and oxygen atoms in total.